The topological polar surface area (TPSA) is 38.7 Å². The molecule has 0 aliphatic carbocycles. The van der Waals surface area contributed by atoms with Crippen LogP contribution in [0.3, 0.4) is 0 Å². The van der Waals surface area contributed by atoms with Gasteiger partial charge < -0.3 is 14.6 Å². The first-order valence-electron chi connectivity index (χ1n) is 7.30. The molecule has 1 spiro atoms. The molecule has 1 fully saturated rings. The van der Waals surface area contributed by atoms with E-state index in [-0.39, 0.29) is 11.7 Å². The lowest BCUT2D eigenvalue weighted by Crippen LogP contribution is -2.48. The molecule has 0 bridgehead atoms. The van der Waals surface area contributed by atoms with Gasteiger partial charge in [0.2, 0.25) is 0 Å². The van der Waals surface area contributed by atoms with Crippen LogP contribution < -0.4 is 4.74 Å². The lowest BCUT2D eigenvalue weighted by atomic mass is 9.80. The molecular formula is C16H22O3. The van der Waals surface area contributed by atoms with Gasteiger partial charge in [-0.2, -0.15) is 0 Å². The van der Waals surface area contributed by atoms with Gasteiger partial charge in [0, 0.05) is 24.8 Å². The Balaban J connectivity index is 1.83. The molecule has 1 saturated heterocycles. The second-order valence-corrected chi connectivity index (χ2v) is 5.78. The van der Waals surface area contributed by atoms with Crippen LogP contribution in [0, 0.1) is 0 Å². The standard InChI is InChI=1S/C16H22O3/c1-2-5-12-10-16(8-9-18-12)11-14(17)13-6-3-4-7-15(13)19-16/h3-4,6-7,12,14,17H,2,5,8-11H2,1H3. The SMILES string of the molecule is CCCC1CC2(CCO1)CC(O)c1ccccc1O2. The molecular weight excluding hydrogens is 240 g/mol. The molecule has 2 aliphatic rings. The van der Waals surface area contributed by atoms with E-state index >= 15 is 0 Å². The Bertz CT molecular complexity index is 443. The van der Waals surface area contributed by atoms with Crippen molar-refractivity contribution in [1.29, 1.82) is 0 Å². The van der Waals surface area contributed by atoms with Gasteiger partial charge in [0.15, 0.2) is 0 Å². The van der Waals surface area contributed by atoms with Gasteiger partial charge in [-0.25, -0.2) is 0 Å². The predicted molar refractivity (Wildman–Crippen MR) is 73.3 cm³/mol. The zero-order valence-corrected chi connectivity index (χ0v) is 11.5. The fraction of sp³-hybridized carbons (Fsp3) is 0.625. The van der Waals surface area contributed by atoms with Gasteiger partial charge in [-0.05, 0) is 12.5 Å². The van der Waals surface area contributed by atoms with Crippen molar-refractivity contribution in [2.45, 2.75) is 56.8 Å². The number of ether oxygens (including phenoxy) is 2. The fourth-order valence-corrected chi connectivity index (χ4v) is 3.36. The minimum absolute atomic E-state index is 0.230. The summed E-state index contributed by atoms with van der Waals surface area (Å²) in [5.74, 6) is 0.846. The Labute approximate surface area is 114 Å². The van der Waals surface area contributed by atoms with Crippen LogP contribution in [0.2, 0.25) is 0 Å². The first-order chi connectivity index (χ1) is 9.22. The third kappa shape index (κ3) is 2.49. The minimum atomic E-state index is -0.412. The lowest BCUT2D eigenvalue weighted by Gasteiger charge is -2.45. The highest BCUT2D eigenvalue weighted by Gasteiger charge is 2.44. The second kappa shape index (κ2) is 5.14. The molecule has 1 N–H and O–H groups in total. The van der Waals surface area contributed by atoms with E-state index in [2.05, 4.69) is 6.92 Å². The van der Waals surface area contributed by atoms with Crippen molar-refractivity contribution < 1.29 is 14.6 Å². The van der Waals surface area contributed by atoms with Crippen molar-refractivity contribution >= 4 is 0 Å². The highest BCUT2D eigenvalue weighted by Crippen LogP contribution is 2.45. The number of para-hydroxylation sites is 1. The first kappa shape index (κ1) is 12.9. The molecule has 104 valence electrons. The van der Waals surface area contributed by atoms with E-state index in [1.54, 1.807) is 0 Å². The lowest BCUT2D eigenvalue weighted by molar-refractivity contribution is -0.118. The molecule has 3 rings (SSSR count). The van der Waals surface area contributed by atoms with E-state index < -0.39 is 6.10 Å². The summed E-state index contributed by atoms with van der Waals surface area (Å²) in [6.07, 6.45) is 4.52. The van der Waals surface area contributed by atoms with E-state index in [9.17, 15) is 5.11 Å². The van der Waals surface area contributed by atoms with E-state index in [0.29, 0.717) is 6.42 Å². The molecule has 0 amide bonds. The van der Waals surface area contributed by atoms with Gasteiger partial charge in [-0.1, -0.05) is 31.5 Å². The van der Waals surface area contributed by atoms with Crippen LogP contribution in [0.5, 0.6) is 5.75 Å². The maximum absolute atomic E-state index is 10.4. The zero-order chi connectivity index (χ0) is 13.3. The molecule has 3 nitrogen and oxygen atoms in total. The van der Waals surface area contributed by atoms with Crippen LogP contribution in [0.4, 0.5) is 0 Å². The Kier molecular flexibility index (Phi) is 3.50. The van der Waals surface area contributed by atoms with Gasteiger partial charge in [-0.3, -0.25) is 0 Å². The second-order valence-electron chi connectivity index (χ2n) is 5.78. The van der Waals surface area contributed by atoms with E-state index in [1.165, 1.54) is 0 Å². The van der Waals surface area contributed by atoms with E-state index in [4.69, 9.17) is 9.47 Å². The third-order valence-electron chi connectivity index (χ3n) is 4.29. The number of aliphatic hydroxyl groups excluding tert-OH is 1. The summed E-state index contributed by atoms with van der Waals surface area (Å²) in [5.41, 5.74) is 0.693. The van der Waals surface area contributed by atoms with Gasteiger partial charge in [0.25, 0.3) is 0 Å². The largest absolute Gasteiger partial charge is 0.487 e. The van der Waals surface area contributed by atoms with E-state index in [1.807, 2.05) is 24.3 Å². The molecule has 19 heavy (non-hydrogen) atoms. The minimum Gasteiger partial charge on any atom is -0.487 e. The number of aliphatic hydroxyl groups is 1. The van der Waals surface area contributed by atoms with Gasteiger partial charge in [0.05, 0.1) is 18.8 Å². The number of hydrogen-bond donors (Lipinski definition) is 1. The summed E-state index contributed by atoms with van der Waals surface area (Å²) < 4.78 is 12.1. The number of hydrogen-bond acceptors (Lipinski definition) is 3. The monoisotopic (exact) mass is 262 g/mol. The van der Waals surface area contributed by atoms with Crippen molar-refractivity contribution in [3.05, 3.63) is 29.8 Å². The maximum atomic E-state index is 10.4. The average Bonchev–Trinajstić information content (AvgIpc) is 2.39. The molecule has 2 aliphatic heterocycles. The Hall–Kier alpha value is -1.06. The average molecular weight is 262 g/mol. The van der Waals surface area contributed by atoms with Crippen molar-refractivity contribution in [2.75, 3.05) is 6.61 Å². The Morgan fingerprint density at radius 3 is 3.00 bits per heavy atom. The molecule has 0 saturated carbocycles. The summed E-state index contributed by atoms with van der Waals surface area (Å²) in [5, 5.41) is 10.4. The summed E-state index contributed by atoms with van der Waals surface area (Å²) in [7, 11) is 0. The normalized spacial score (nSPS) is 33.8. The molecule has 1 aromatic rings. The van der Waals surface area contributed by atoms with Crippen LogP contribution in [-0.2, 0) is 4.74 Å². The molecule has 0 radical (unpaired) electrons. The van der Waals surface area contributed by atoms with Crippen molar-refractivity contribution in [1.82, 2.24) is 0 Å². The van der Waals surface area contributed by atoms with Crippen molar-refractivity contribution in [2.24, 2.45) is 0 Å². The van der Waals surface area contributed by atoms with Crippen LogP contribution in [-0.4, -0.2) is 23.4 Å². The van der Waals surface area contributed by atoms with Crippen LogP contribution in [0.25, 0.3) is 0 Å². The Morgan fingerprint density at radius 1 is 1.32 bits per heavy atom. The molecule has 3 unspecified atom stereocenters. The van der Waals surface area contributed by atoms with Crippen molar-refractivity contribution in [3.63, 3.8) is 0 Å². The third-order valence-corrected chi connectivity index (χ3v) is 4.29. The smallest absolute Gasteiger partial charge is 0.125 e. The highest BCUT2D eigenvalue weighted by molar-refractivity contribution is 5.38. The summed E-state index contributed by atoms with van der Waals surface area (Å²) in [6.45, 7) is 2.91. The van der Waals surface area contributed by atoms with Crippen LogP contribution >= 0.6 is 0 Å². The van der Waals surface area contributed by atoms with Gasteiger partial charge in [-0.15, -0.1) is 0 Å². The van der Waals surface area contributed by atoms with Gasteiger partial charge in [0.1, 0.15) is 11.4 Å². The molecule has 0 aromatic heterocycles. The summed E-state index contributed by atoms with van der Waals surface area (Å²) in [4.78, 5) is 0. The van der Waals surface area contributed by atoms with Crippen molar-refractivity contribution in [3.8, 4) is 5.75 Å². The maximum Gasteiger partial charge on any atom is 0.125 e. The number of rotatable bonds is 2. The van der Waals surface area contributed by atoms with Crippen LogP contribution in [0.15, 0.2) is 24.3 Å². The summed E-state index contributed by atoms with van der Waals surface area (Å²) >= 11 is 0. The summed E-state index contributed by atoms with van der Waals surface area (Å²) in [6, 6.07) is 7.83. The van der Waals surface area contributed by atoms with Crippen LogP contribution in [0.1, 0.15) is 50.7 Å². The molecule has 1 aromatic carbocycles. The molecule has 3 atom stereocenters. The van der Waals surface area contributed by atoms with E-state index in [0.717, 1.165) is 43.6 Å². The van der Waals surface area contributed by atoms with Gasteiger partial charge >= 0.3 is 0 Å². The predicted octanol–water partition coefficient (Wildman–Crippen LogP) is 3.22. The Morgan fingerprint density at radius 2 is 2.16 bits per heavy atom. The molecule has 2 heterocycles. The number of fused-ring (bicyclic) bond motifs is 1. The fourth-order valence-electron chi connectivity index (χ4n) is 3.36. The highest BCUT2D eigenvalue weighted by atomic mass is 16.5. The molecule has 3 heteroatoms. The number of benzene rings is 1. The quantitative estimate of drug-likeness (QED) is 0.889. The first-order valence-corrected chi connectivity index (χ1v) is 7.30. The zero-order valence-electron chi connectivity index (χ0n) is 11.5.